The van der Waals surface area contributed by atoms with E-state index in [1.807, 2.05) is 42.3 Å². The normalized spacial score (nSPS) is 9.93. The highest BCUT2D eigenvalue weighted by Gasteiger charge is 2.04. The van der Waals surface area contributed by atoms with Gasteiger partial charge in [0.1, 0.15) is 0 Å². The molecule has 1 heterocycles. The summed E-state index contributed by atoms with van der Waals surface area (Å²) < 4.78 is 0. The van der Waals surface area contributed by atoms with Crippen LogP contribution in [0.2, 0.25) is 0 Å². The minimum Gasteiger partial charge on any atom is -0.321 e. The molecule has 0 saturated carbocycles. The number of aromatic nitrogens is 1. The van der Waals surface area contributed by atoms with E-state index in [4.69, 9.17) is 0 Å². The topological polar surface area (TPSA) is 33.2 Å². The maximum atomic E-state index is 11.1. The molecule has 1 aromatic heterocycles. The minimum absolute atomic E-state index is 0.202. The van der Waals surface area contributed by atoms with Crippen molar-refractivity contribution < 1.29 is 0 Å². The van der Waals surface area contributed by atoms with Gasteiger partial charge in [-0.1, -0.05) is 18.2 Å². The largest absolute Gasteiger partial charge is 0.321 e. The molecule has 0 N–H and O–H groups in total. The maximum absolute atomic E-state index is 11.1. The average Bonchev–Trinajstić information content (AvgIpc) is 2.29. The maximum Gasteiger partial charge on any atom is 0.273 e. The molecule has 76 valence electrons. The molecule has 0 aliphatic carbocycles. The lowest BCUT2D eigenvalue weighted by Gasteiger charge is -2.16. The quantitative estimate of drug-likeness (QED) is 0.775. The molecule has 15 heavy (non-hydrogen) atoms. The first kappa shape index (κ1) is 9.86. The second-order valence-corrected chi connectivity index (χ2v) is 3.92. The van der Waals surface area contributed by atoms with E-state index in [1.165, 1.54) is 17.4 Å². The molecule has 0 aliphatic heterocycles. The van der Waals surface area contributed by atoms with Crippen LogP contribution in [-0.2, 0) is 0 Å². The number of hydrogen-bond donors (Lipinski definition) is 0. The molecule has 2 aromatic rings. The summed E-state index contributed by atoms with van der Waals surface area (Å²) in [5, 5.41) is 2.46. The molecule has 0 fully saturated rings. The van der Waals surface area contributed by atoms with Gasteiger partial charge in [-0.2, -0.15) is 4.98 Å². The fraction of sp³-hybridized carbons (Fsp3) is 0.0909. The van der Waals surface area contributed by atoms with Gasteiger partial charge in [-0.05, 0) is 17.5 Å². The van der Waals surface area contributed by atoms with Crippen LogP contribution in [0.15, 0.2) is 46.6 Å². The Hall–Kier alpha value is -1.68. The Morgan fingerprint density at radius 1 is 1.20 bits per heavy atom. The summed E-state index contributed by atoms with van der Waals surface area (Å²) in [7, 11) is 1.90. The van der Waals surface area contributed by atoms with Crippen LogP contribution in [0.1, 0.15) is 0 Å². The van der Waals surface area contributed by atoms with Gasteiger partial charge in [0.25, 0.3) is 5.56 Å². The van der Waals surface area contributed by atoms with E-state index in [1.54, 1.807) is 5.38 Å². The number of rotatable bonds is 2. The van der Waals surface area contributed by atoms with Gasteiger partial charge in [-0.3, -0.25) is 4.79 Å². The fourth-order valence-electron chi connectivity index (χ4n) is 1.23. The van der Waals surface area contributed by atoms with Crippen LogP contribution in [0.4, 0.5) is 10.8 Å². The van der Waals surface area contributed by atoms with Crippen LogP contribution in [0.3, 0.4) is 0 Å². The van der Waals surface area contributed by atoms with Crippen LogP contribution in [0.25, 0.3) is 0 Å². The Morgan fingerprint density at radius 3 is 2.60 bits per heavy atom. The molecule has 0 unspecified atom stereocenters. The third-order valence-corrected chi connectivity index (χ3v) is 2.87. The Labute approximate surface area is 91.6 Å². The highest BCUT2D eigenvalue weighted by Crippen LogP contribution is 2.22. The van der Waals surface area contributed by atoms with Crippen LogP contribution >= 0.6 is 11.3 Å². The summed E-state index contributed by atoms with van der Waals surface area (Å²) in [5.41, 5.74) is 0.818. The van der Waals surface area contributed by atoms with Gasteiger partial charge in [0.15, 0.2) is 5.13 Å². The summed E-state index contributed by atoms with van der Waals surface area (Å²) in [6, 6.07) is 11.3. The fourth-order valence-corrected chi connectivity index (χ4v) is 1.94. The van der Waals surface area contributed by atoms with E-state index in [0.717, 1.165) is 5.69 Å². The molecule has 0 aliphatic rings. The second kappa shape index (κ2) is 4.23. The summed E-state index contributed by atoms with van der Waals surface area (Å²) >= 11 is 1.44. The molecule has 0 radical (unpaired) electrons. The van der Waals surface area contributed by atoms with Crippen molar-refractivity contribution in [2.24, 2.45) is 0 Å². The predicted octanol–water partition coefficient (Wildman–Crippen LogP) is 2.27. The first-order valence-corrected chi connectivity index (χ1v) is 5.40. The molecule has 3 nitrogen and oxygen atoms in total. The summed E-state index contributed by atoms with van der Waals surface area (Å²) in [6.07, 6.45) is 0. The van der Waals surface area contributed by atoms with E-state index in [2.05, 4.69) is 4.98 Å². The molecule has 0 atom stereocenters. The van der Waals surface area contributed by atoms with E-state index in [0.29, 0.717) is 5.13 Å². The lowest BCUT2D eigenvalue weighted by molar-refractivity contribution is 1.14. The molecular weight excluding hydrogens is 208 g/mol. The number of anilines is 2. The standard InChI is InChI=1S/C11H10N2OS/c1-13(9-5-3-2-4-6-9)11-12-10(14)7-8-15-11/h2-8H,1H3. The highest BCUT2D eigenvalue weighted by molar-refractivity contribution is 7.13. The van der Waals surface area contributed by atoms with E-state index >= 15 is 0 Å². The summed E-state index contributed by atoms with van der Waals surface area (Å²) in [5.74, 6) is 0. The van der Waals surface area contributed by atoms with Gasteiger partial charge < -0.3 is 4.90 Å². The minimum atomic E-state index is -0.202. The monoisotopic (exact) mass is 218 g/mol. The van der Waals surface area contributed by atoms with Gasteiger partial charge in [0.05, 0.1) is 0 Å². The second-order valence-electron chi connectivity index (χ2n) is 3.05. The Bertz CT molecular complexity index is 495. The van der Waals surface area contributed by atoms with Gasteiger partial charge in [-0.15, -0.1) is 11.3 Å². The van der Waals surface area contributed by atoms with Crippen molar-refractivity contribution in [2.75, 3.05) is 11.9 Å². The van der Waals surface area contributed by atoms with Gasteiger partial charge >= 0.3 is 0 Å². The number of hydrogen-bond acceptors (Lipinski definition) is 4. The van der Waals surface area contributed by atoms with Crippen molar-refractivity contribution >= 4 is 22.2 Å². The van der Waals surface area contributed by atoms with Gasteiger partial charge in [0.2, 0.25) is 0 Å². The SMILES string of the molecule is CN(c1ccccc1)c1nc(=O)ccs1. The molecule has 1 aromatic carbocycles. The van der Waals surface area contributed by atoms with Gasteiger partial charge in [0, 0.05) is 18.8 Å². The average molecular weight is 218 g/mol. The summed E-state index contributed by atoms with van der Waals surface area (Å²) in [4.78, 5) is 16.9. The molecule has 0 amide bonds. The first-order chi connectivity index (χ1) is 7.27. The third-order valence-electron chi connectivity index (χ3n) is 2.02. The third kappa shape index (κ3) is 2.22. The van der Waals surface area contributed by atoms with Crippen LogP contribution in [0.5, 0.6) is 0 Å². The van der Waals surface area contributed by atoms with Crippen molar-refractivity contribution in [1.29, 1.82) is 0 Å². The number of para-hydroxylation sites is 1. The molecule has 4 heteroatoms. The highest BCUT2D eigenvalue weighted by atomic mass is 32.1. The van der Waals surface area contributed by atoms with Crippen LogP contribution in [0, 0.1) is 0 Å². The molecule has 0 bridgehead atoms. The molecule has 2 rings (SSSR count). The Balaban J connectivity index is 2.37. The van der Waals surface area contributed by atoms with Crippen LogP contribution in [-0.4, -0.2) is 12.0 Å². The van der Waals surface area contributed by atoms with Gasteiger partial charge in [-0.25, -0.2) is 0 Å². The first-order valence-electron chi connectivity index (χ1n) is 4.52. The smallest absolute Gasteiger partial charge is 0.273 e. The number of benzene rings is 1. The zero-order valence-corrected chi connectivity index (χ0v) is 9.07. The lowest BCUT2D eigenvalue weighted by atomic mass is 10.3. The van der Waals surface area contributed by atoms with E-state index in [9.17, 15) is 4.79 Å². The van der Waals surface area contributed by atoms with Crippen molar-refractivity contribution in [1.82, 2.24) is 4.98 Å². The van der Waals surface area contributed by atoms with Crippen molar-refractivity contribution in [3.05, 3.63) is 52.1 Å². The van der Waals surface area contributed by atoms with Crippen molar-refractivity contribution in [2.45, 2.75) is 0 Å². The molecule has 0 spiro atoms. The summed E-state index contributed by atoms with van der Waals surface area (Å²) in [6.45, 7) is 0. The molecular formula is C11H10N2OS. The van der Waals surface area contributed by atoms with E-state index in [-0.39, 0.29) is 5.56 Å². The van der Waals surface area contributed by atoms with Crippen LogP contribution < -0.4 is 10.5 Å². The lowest BCUT2D eigenvalue weighted by Crippen LogP contribution is -2.14. The number of nitrogens with zero attached hydrogens (tertiary/aromatic N) is 2. The van der Waals surface area contributed by atoms with Crippen molar-refractivity contribution in [3.63, 3.8) is 0 Å². The Kier molecular flexibility index (Phi) is 2.78. The van der Waals surface area contributed by atoms with E-state index < -0.39 is 0 Å². The zero-order valence-electron chi connectivity index (χ0n) is 8.25. The molecule has 0 saturated heterocycles. The zero-order chi connectivity index (χ0) is 10.7. The van der Waals surface area contributed by atoms with Crippen molar-refractivity contribution in [3.8, 4) is 0 Å². The predicted molar refractivity (Wildman–Crippen MR) is 62.9 cm³/mol. The Morgan fingerprint density at radius 2 is 1.93 bits per heavy atom.